The lowest BCUT2D eigenvalue weighted by Gasteiger charge is -2.27. The van der Waals surface area contributed by atoms with Crippen LogP contribution >= 0.6 is 0 Å². The third kappa shape index (κ3) is 3.93. The largest absolute Gasteiger partial charge is 0.481 e. The van der Waals surface area contributed by atoms with Gasteiger partial charge in [0.2, 0.25) is 0 Å². The smallest absolute Gasteiger partial charge is 0.307 e. The van der Waals surface area contributed by atoms with Gasteiger partial charge in [0.15, 0.2) is 0 Å². The van der Waals surface area contributed by atoms with Crippen molar-refractivity contribution in [2.45, 2.75) is 64.0 Å². The second-order valence-corrected chi connectivity index (χ2v) is 8.13. The van der Waals surface area contributed by atoms with Gasteiger partial charge in [-0.15, -0.1) is 0 Å². The van der Waals surface area contributed by atoms with Crippen molar-refractivity contribution in [2.75, 3.05) is 6.54 Å². The summed E-state index contributed by atoms with van der Waals surface area (Å²) in [6.45, 7) is 1.25. The number of carbonyl (C=O) groups is 2. The molecule has 0 saturated heterocycles. The molecule has 2 aliphatic rings. The van der Waals surface area contributed by atoms with Crippen LogP contribution in [0.5, 0.6) is 0 Å². The van der Waals surface area contributed by atoms with Crippen molar-refractivity contribution in [3.05, 3.63) is 35.5 Å². The molecule has 0 amide bonds. The molecule has 0 radical (unpaired) electrons. The molecule has 1 aliphatic carbocycles. The summed E-state index contributed by atoms with van der Waals surface area (Å²) in [5.74, 6) is 0.146. The number of aromatic nitrogens is 1. The number of hydrogen-bond donors (Lipinski definition) is 2. The van der Waals surface area contributed by atoms with Gasteiger partial charge in [0.1, 0.15) is 5.78 Å². The predicted molar refractivity (Wildman–Crippen MR) is 105 cm³/mol. The van der Waals surface area contributed by atoms with Crippen molar-refractivity contribution in [3.63, 3.8) is 0 Å². The number of Topliss-reactive ketones (excluding diaryl/α,β-unsaturated/α-hetero) is 1. The number of nitrogens with zero attached hydrogens (tertiary/aromatic N) is 1. The number of aliphatic carboxylic acids is 1. The molecule has 27 heavy (non-hydrogen) atoms. The fourth-order valence-electron chi connectivity index (χ4n) is 4.93. The van der Waals surface area contributed by atoms with E-state index < -0.39 is 5.97 Å². The number of ketones is 1. The standard InChI is InChI=1S/C22H28N2O3/c25-17(11-15-5-1-2-6-15)13-23-16-9-10-21-19(12-22(26)27)18-7-3-4-8-20(18)24(21)14-16/h3-4,7-8,15-16,23H,1-2,5-6,9-14H2,(H,26,27)/t16-/m1/s1. The Kier molecular flexibility index (Phi) is 5.30. The van der Waals surface area contributed by atoms with Crippen molar-refractivity contribution < 1.29 is 14.7 Å². The van der Waals surface area contributed by atoms with Crippen LogP contribution in [0.4, 0.5) is 0 Å². The van der Waals surface area contributed by atoms with E-state index in [-0.39, 0.29) is 12.5 Å². The van der Waals surface area contributed by atoms with E-state index in [9.17, 15) is 14.7 Å². The quantitative estimate of drug-likeness (QED) is 0.786. The molecule has 1 fully saturated rings. The molecule has 5 heteroatoms. The number of fused-ring (bicyclic) bond motifs is 3. The van der Waals surface area contributed by atoms with Gasteiger partial charge in [0.05, 0.1) is 13.0 Å². The molecule has 4 rings (SSSR count). The topological polar surface area (TPSA) is 71.3 Å². The number of rotatable bonds is 7. The summed E-state index contributed by atoms with van der Waals surface area (Å²) in [6.07, 6.45) is 7.55. The average molecular weight is 368 g/mol. The molecule has 1 aliphatic heterocycles. The first-order valence-corrected chi connectivity index (χ1v) is 10.2. The number of nitrogens with one attached hydrogen (secondary N) is 1. The van der Waals surface area contributed by atoms with E-state index in [1.807, 2.05) is 18.2 Å². The number of carbonyl (C=O) groups excluding carboxylic acids is 1. The minimum Gasteiger partial charge on any atom is -0.481 e. The number of benzene rings is 1. The summed E-state index contributed by atoms with van der Waals surface area (Å²) in [6, 6.07) is 8.32. The number of para-hydroxylation sites is 1. The first kappa shape index (κ1) is 18.2. The molecule has 2 aromatic rings. The van der Waals surface area contributed by atoms with Gasteiger partial charge >= 0.3 is 5.97 Å². The summed E-state index contributed by atoms with van der Waals surface area (Å²) in [4.78, 5) is 23.6. The zero-order valence-corrected chi connectivity index (χ0v) is 15.7. The first-order valence-electron chi connectivity index (χ1n) is 10.2. The number of carboxylic acid groups (broad SMARTS) is 1. The second kappa shape index (κ2) is 7.85. The van der Waals surface area contributed by atoms with E-state index in [0.717, 1.165) is 48.0 Å². The maximum absolute atomic E-state index is 12.3. The van der Waals surface area contributed by atoms with E-state index in [2.05, 4.69) is 16.0 Å². The highest BCUT2D eigenvalue weighted by molar-refractivity contribution is 5.89. The highest BCUT2D eigenvalue weighted by Gasteiger charge is 2.26. The Balaban J connectivity index is 1.45. The summed E-state index contributed by atoms with van der Waals surface area (Å²) < 4.78 is 2.26. The van der Waals surface area contributed by atoms with Crippen molar-refractivity contribution >= 4 is 22.7 Å². The maximum atomic E-state index is 12.3. The zero-order valence-electron chi connectivity index (χ0n) is 15.7. The Morgan fingerprint density at radius 1 is 1.15 bits per heavy atom. The van der Waals surface area contributed by atoms with E-state index in [4.69, 9.17) is 0 Å². The van der Waals surface area contributed by atoms with Gasteiger partial charge in [0.25, 0.3) is 0 Å². The summed E-state index contributed by atoms with van der Waals surface area (Å²) in [5.41, 5.74) is 3.20. The van der Waals surface area contributed by atoms with Crippen LogP contribution in [0.3, 0.4) is 0 Å². The van der Waals surface area contributed by atoms with Crippen LogP contribution in [0.2, 0.25) is 0 Å². The predicted octanol–water partition coefficient (Wildman–Crippen LogP) is 3.32. The second-order valence-electron chi connectivity index (χ2n) is 8.13. The molecule has 1 aromatic heterocycles. The molecule has 0 unspecified atom stereocenters. The molecule has 1 saturated carbocycles. The van der Waals surface area contributed by atoms with Gasteiger partial charge in [-0.3, -0.25) is 9.59 Å². The van der Waals surface area contributed by atoms with Crippen LogP contribution in [-0.2, 0) is 29.0 Å². The lowest BCUT2D eigenvalue weighted by Crippen LogP contribution is -2.40. The molecule has 0 bridgehead atoms. The van der Waals surface area contributed by atoms with Crippen LogP contribution in [0.1, 0.15) is 49.8 Å². The Labute approximate surface area is 159 Å². The van der Waals surface area contributed by atoms with Crippen molar-refractivity contribution in [3.8, 4) is 0 Å². The lowest BCUT2D eigenvalue weighted by atomic mass is 9.99. The average Bonchev–Trinajstić information content (AvgIpc) is 3.27. The van der Waals surface area contributed by atoms with Crippen molar-refractivity contribution in [1.82, 2.24) is 9.88 Å². The zero-order chi connectivity index (χ0) is 18.8. The monoisotopic (exact) mass is 368 g/mol. The highest BCUT2D eigenvalue weighted by atomic mass is 16.4. The van der Waals surface area contributed by atoms with Gasteiger partial charge in [-0.1, -0.05) is 43.9 Å². The van der Waals surface area contributed by atoms with Gasteiger partial charge in [0, 0.05) is 35.6 Å². The normalized spacial score (nSPS) is 20.1. The third-order valence-corrected chi connectivity index (χ3v) is 6.23. The van der Waals surface area contributed by atoms with Crippen LogP contribution in [0.25, 0.3) is 10.9 Å². The van der Waals surface area contributed by atoms with Crippen molar-refractivity contribution in [1.29, 1.82) is 0 Å². The fraction of sp³-hybridized carbons (Fsp3) is 0.545. The summed E-state index contributed by atoms with van der Waals surface area (Å²) in [7, 11) is 0. The third-order valence-electron chi connectivity index (χ3n) is 6.23. The Morgan fingerprint density at radius 2 is 1.93 bits per heavy atom. The Morgan fingerprint density at radius 3 is 2.70 bits per heavy atom. The molecular formula is C22H28N2O3. The van der Waals surface area contributed by atoms with Crippen LogP contribution in [-0.4, -0.2) is 34.0 Å². The Bertz CT molecular complexity index is 849. The van der Waals surface area contributed by atoms with E-state index in [1.165, 1.54) is 25.7 Å². The van der Waals surface area contributed by atoms with Crippen LogP contribution in [0.15, 0.2) is 24.3 Å². The first-order chi connectivity index (χ1) is 13.1. The Hall–Kier alpha value is -2.14. The van der Waals surface area contributed by atoms with Gasteiger partial charge in [-0.2, -0.15) is 0 Å². The molecule has 5 nitrogen and oxygen atoms in total. The molecular weight excluding hydrogens is 340 g/mol. The minimum atomic E-state index is -0.785. The molecule has 2 N–H and O–H groups in total. The van der Waals surface area contributed by atoms with Gasteiger partial charge in [-0.25, -0.2) is 0 Å². The van der Waals surface area contributed by atoms with Gasteiger partial charge in [-0.05, 0) is 30.4 Å². The van der Waals surface area contributed by atoms with E-state index in [1.54, 1.807) is 0 Å². The number of hydrogen-bond acceptors (Lipinski definition) is 3. The maximum Gasteiger partial charge on any atom is 0.307 e. The SMILES string of the molecule is O=C(O)Cc1c2n(c3ccccc13)C[C@H](NCC(=O)CC1CCCC1)CC2. The lowest BCUT2D eigenvalue weighted by molar-refractivity contribution is -0.136. The van der Waals surface area contributed by atoms with Crippen LogP contribution in [0, 0.1) is 5.92 Å². The minimum absolute atomic E-state index is 0.0703. The van der Waals surface area contributed by atoms with Crippen molar-refractivity contribution in [2.24, 2.45) is 5.92 Å². The highest BCUT2D eigenvalue weighted by Crippen LogP contribution is 2.31. The summed E-state index contributed by atoms with van der Waals surface area (Å²) in [5, 5.41) is 13.8. The van der Waals surface area contributed by atoms with E-state index in [0.29, 0.717) is 18.2 Å². The molecule has 2 heterocycles. The molecule has 0 spiro atoms. The molecule has 1 atom stereocenters. The van der Waals surface area contributed by atoms with Gasteiger partial charge < -0.3 is 15.0 Å². The molecule has 1 aromatic carbocycles. The number of carboxylic acids is 1. The molecule has 144 valence electrons. The van der Waals surface area contributed by atoms with Crippen LogP contribution < -0.4 is 5.32 Å². The summed E-state index contributed by atoms with van der Waals surface area (Å²) >= 11 is 0. The fourth-order valence-corrected chi connectivity index (χ4v) is 4.93. The van der Waals surface area contributed by atoms with E-state index >= 15 is 0 Å².